The molecule has 6 nitrogen and oxygen atoms in total. The van der Waals surface area contributed by atoms with E-state index in [1.807, 2.05) is 0 Å². The van der Waals surface area contributed by atoms with Crippen LogP contribution in [0.3, 0.4) is 0 Å². The molecule has 1 aliphatic heterocycles. The van der Waals surface area contributed by atoms with Gasteiger partial charge in [0.25, 0.3) is 5.91 Å². The molecule has 0 saturated carbocycles. The Labute approximate surface area is 136 Å². The minimum atomic E-state index is -0.554. The highest BCUT2D eigenvalue weighted by Gasteiger charge is 2.30. The Balaban J connectivity index is 1.86. The molecule has 0 aromatic carbocycles. The van der Waals surface area contributed by atoms with Crippen LogP contribution in [0, 0.1) is 5.82 Å². The minimum absolute atomic E-state index is 0.123. The van der Waals surface area contributed by atoms with Crippen molar-refractivity contribution in [1.29, 1.82) is 0 Å². The largest absolute Gasteiger partial charge is 0.354 e. The molecule has 1 fully saturated rings. The van der Waals surface area contributed by atoms with E-state index in [0.29, 0.717) is 24.5 Å². The lowest BCUT2D eigenvalue weighted by atomic mass is 10.2. The number of nitrogens with one attached hydrogen (secondary N) is 1. The summed E-state index contributed by atoms with van der Waals surface area (Å²) >= 11 is 1.15. The van der Waals surface area contributed by atoms with Crippen LogP contribution >= 0.6 is 11.3 Å². The summed E-state index contributed by atoms with van der Waals surface area (Å²) in [6.07, 6.45) is 2.16. The lowest BCUT2D eigenvalue weighted by Crippen LogP contribution is -2.45. The predicted molar refractivity (Wildman–Crippen MR) is 83.4 cm³/mol. The van der Waals surface area contributed by atoms with Crippen LogP contribution in [0.4, 0.5) is 4.39 Å². The number of hydrogen-bond donors (Lipinski definition) is 1. The van der Waals surface area contributed by atoms with Crippen LogP contribution in [-0.4, -0.2) is 45.8 Å². The van der Waals surface area contributed by atoms with Gasteiger partial charge in [-0.25, -0.2) is 9.37 Å². The number of thiazole rings is 1. The Morgan fingerprint density at radius 3 is 3.13 bits per heavy atom. The number of hydrogen-bond acceptors (Lipinski definition) is 5. The Hall–Kier alpha value is -2.35. The summed E-state index contributed by atoms with van der Waals surface area (Å²) in [5, 5.41) is 4.68. The molecule has 0 unspecified atom stereocenters. The molecule has 0 spiro atoms. The number of nitrogens with zero attached hydrogens (tertiary/aromatic N) is 3. The third-order valence-corrected chi connectivity index (χ3v) is 4.52. The van der Waals surface area contributed by atoms with Crippen molar-refractivity contribution in [2.45, 2.75) is 19.4 Å². The van der Waals surface area contributed by atoms with Gasteiger partial charge in [-0.1, -0.05) is 0 Å². The van der Waals surface area contributed by atoms with Crippen LogP contribution in [0.25, 0.3) is 10.7 Å². The predicted octanol–water partition coefficient (Wildman–Crippen LogP) is 1.69. The molecule has 0 radical (unpaired) electrons. The number of carbonyl (C=O) groups excluding carboxylic acids is 2. The highest BCUT2D eigenvalue weighted by Crippen LogP contribution is 2.25. The summed E-state index contributed by atoms with van der Waals surface area (Å²) in [7, 11) is 0. The van der Waals surface area contributed by atoms with Gasteiger partial charge in [0, 0.05) is 24.7 Å². The quantitative estimate of drug-likeness (QED) is 0.907. The third-order valence-electron chi connectivity index (χ3n) is 3.67. The van der Waals surface area contributed by atoms with Crippen molar-refractivity contribution in [2.24, 2.45) is 0 Å². The van der Waals surface area contributed by atoms with E-state index in [1.54, 1.807) is 12.3 Å². The fourth-order valence-corrected chi connectivity index (χ4v) is 3.18. The van der Waals surface area contributed by atoms with Crippen molar-refractivity contribution in [3.63, 3.8) is 0 Å². The lowest BCUT2D eigenvalue weighted by molar-refractivity contribution is -0.124. The molecule has 1 atom stereocenters. The summed E-state index contributed by atoms with van der Waals surface area (Å²) < 4.78 is 13.8. The summed E-state index contributed by atoms with van der Waals surface area (Å²) in [6, 6.07) is 2.24. The van der Waals surface area contributed by atoms with Gasteiger partial charge >= 0.3 is 0 Å². The molecule has 3 heterocycles. The molecule has 0 aliphatic carbocycles. The van der Waals surface area contributed by atoms with Crippen molar-refractivity contribution in [2.75, 3.05) is 13.1 Å². The zero-order chi connectivity index (χ0) is 16.4. The van der Waals surface area contributed by atoms with E-state index in [-0.39, 0.29) is 23.2 Å². The van der Waals surface area contributed by atoms with Crippen molar-refractivity contribution in [3.8, 4) is 10.7 Å². The summed E-state index contributed by atoms with van der Waals surface area (Å²) in [5.74, 6) is -0.987. The van der Waals surface area contributed by atoms with Gasteiger partial charge < -0.3 is 10.2 Å². The first-order valence-electron chi connectivity index (χ1n) is 7.23. The Kier molecular flexibility index (Phi) is 4.33. The van der Waals surface area contributed by atoms with Gasteiger partial charge in [0.05, 0.1) is 0 Å². The molecule has 8 heteroatoms. The number of aromatic nitrogens is 2. The molecule has 3 rings (SSSR count). The fraction of sp³-hybridized carbons (Fsp3) is 0.333. The number of rotatable bonds is 2. The maximum absolute atomic E-state index is 13.8. The van der Waals surface area contributed by atoms with Gasteiger partial charge in [-0.3, -0.25) is 14.6 Å². The molecule has 2 aromatic rings. The normalized spacial score (nSPS) is 18.4. The Morgan fingerprint density at radius 1 is 1.52 bits per heavy atom. The third kappa shape index (κ3) is 3.07. The monoisotopic (exact) mass is 334 g/mol. The highest BCUT2D eigenvalue weighted by molar-refractivity contribution is 7.13. The fourth-order valence-electron chi connectivity index (χ4n) is 2.39. The van der Waals surface area contributed by atoms with Crippen LogP contribution < -0.4 is 5.32 Å². The number of carbonyl (C=O) groups is 2. The molecule has 120 valence electrons. The number of halogens is 1. The number of pyridine rings is 1. The summed E-state index contributed by atoms with van der Waals surface area (Å²) in [6.45, 7) is 2.71. The zero-order valence-electron chi connectivity index (χ0n) is 12.5. The summed E-state index contributed by atoms with van der Waals surface area (Å²) in [5.41, 5.74) is 0.329. The van der Waals surface area contributed by atoms with E-state index in [9.17, 15) is 14.0 Å². The second-order valence-electron chi connectivity index (χ2n) is 5.19. The van der Waals surface area contributed by atoms with Gasteiger partial charge in [0.15, 0.2) is 5.82 Å². The van der Waals surface area contributed by atoms with E-state index in [0.717, 1.165) is 11.3 Å². The van der Waals surface area contributed by atoms with Crippen molar-refractivity contribution < 1.29 is 14.0 Å². The van der Waals surface area contributed by atoms with Crippen molar-refractivity contribution >= 4 is 23.2 Å². The zero-order valence-corrected chi connectivity index (χ0v) is 13.3. The second-order valence-corrected chi connectivity index (χ2v) is 6.05. The van der Waals surface area contributed by atoms with E-state index in [2.05, 4.69) is 15.3 Å². The topological polar surface area (TPSA) is 75.2 Å². The van der Waals surface area contributed by atoms with Gasteiger partial charge in [-0.15, -0.1) is 11.3 Å². The average molecular weight is 334 g/mol. The average Bonchev–Trinajstić information content (AvgIpc) is 2.97. The van der Waals surface area contributed by atoms with E-state index in [1.165, 1.54) is 23.2 Å². The molecular formula is C15H15FN4O2S. The maximum atomic E-state index is 13.8. The van der Waals surface area contributed by atoms with Crippen LogP contribution in [0.5, 0.6) is 0 Å². The molecule has 23 heavy (non-hydrogen) atoms. The first-order valence-corrected chi connectivity index (χ1v) is 8.11. The SMILES string of the molecule is C[C@H]1C(=O)NCCCN1C(=O)c1csc(-c2ncccc2F)n1. The molecule has 1 aliphatic rings. The second kappa shape index (κ2) is 6.41. The molecule has 2 amide bonds. The minimum Gasteiger partial charge on any atom is -0.354 e. The van der Waals surface area contributed by atoms with E-state index in [4.69, 9.17) is 0 Å². The highest BCUT2D eigenvalue weighted by atomic mass is 32.1. The van der Waals surface area contributed by atoms with Crippen LogP contribution in [0.1, 0.15) is 23.8 Å². The van der Waals surface area contributed by atoms with Gasteiger partial charge in [-0.2, -0.15) is 0 Å². The van der Waals surface area contributed by atoms with Gasteiger partial charge in [0.1, 0.15) is 22.4 Å². The van der Waals surface area contributed by atoms with Gasteiger partial charge in [-0.05, 0) is 25.5 Å². The molecular weight excluding hydrogens is 319 g/mol. The van der Waals surface area contributed by atoms with E-state index >= 15 is 0 Å². The summed E-state index contributed by atoms with van der Waals surface area (Å²) in [4.78, 5) is 34.1. The van der Waals surface area contributed by atoms with Crippen molar-refractivity contribution in [1.82, 2.24) is 20.2 Å². The number of amides is 2. The van der Waals surface area contributed by atoms with Crippen molar-refractivity contribution in [3.05, 3.63) is 35.2 Å². The van der Waals surface area contributed by atoms with Crippen LogP contribution in [0.15, 0.2) is 23.7 Å². The standard InChI is InChI=1S/C15H15FN4O2S/c1-9-13(21)18-6-3-7-20(9)15(22)11-8-23-14(19-11)12-10(16)4-2-5-17-12/h2,4-5,8-9H,3,6-7H2,1H3,(H,18,21)/t9-/m0/s1. The molecule has 1 saturated heterocycles. The lowest BCUT2D eigenvalue weighted by Gasteiger charge is -2.24. The molecule has 1 N–H and O–H groups in total. The Bertz CT molecular complexity index is 749. The maximum Gasteiger partial charge on any atom is 0.274 e. The van der Waals surface area contributed by atoms with Crippen LogP contribution in [0.2, 0.25) is 0 Å². The Morgan fingerprint density at radius 2 is 2.35 bits per heavy atom. The van der Waals surface area contributed by atoms with E-state index < -0.39 is 11.9 Å². The van der Waals surface area contributed by atoms with Crippen LogP contribution in [-0.2, 0) is 4.79 Å². The smallest absolute Gasteiger partial charge is 0.274 e. The first kappa shape index (κ1) is 15.5. The molecule has 0 bridgehead atoms. The first-order chi connectivity index (χ1) is 11.1. The molecule has 2 aromatic heterocycles. The van der Waals surface area contributed by atoms with Gasteiger partial charge in [0.2, 0.25) is 5.91 Å².